The van der Waals surface area contributed by atoms with E-state index in [9.17, 15) is 25.6 Å². The number of aryl methyl sites for hydroxylation is 1. The van der Waals surface area contributed by atoms with Gasteiger partial charge in [0, 0.05) is 22.8 Å². The largest absolute Gasteiger partial charge is 0.241 e. The molecule has 4 rings (SSSR count). The number of pyridine rings is 1. The van der Waals surface area contributed by atoms with Gasteiger partial charge in [0.05, 0.1) is 21.4 Å². The minimum absolute atomic E-state index is 0.0597. The lowest BCUT2D eigenvalue weighted by Crippen LogP contribution is -2.24. The van der Waals surface area contributed by atoms with Gasteiger partial charge < -0.3 is 0 Å². The number of nitrogens with zero attached hydrogens (tertiary/aromatic N) is 2. The van der Waals surface area contributed by atoms with E-state index in [1.165, 1.54) is 55.5 Å². The first-order valence-corrected chi connectivity index (χ1v) is 14.2. The average Bonchev–Trinajstić information content (AvgIpc) is 2.89. The molecule has 0 atom stereocenters. The predicted molar refractivity (Wildman–Crippen MR) is 136 cm³/mol. The summed E-state index contributed by atoms with van der Waals surface area (Å²) in [6.45, 7) is 1.01. The molecule has 7 nitrogen and oxygen atoms in total. The Morgan fingerprint density at radius 1 is 0.921 bits per heavy atom. The van der Waals surface area contributed by atoms with Crippen LogP contribution in [0.2, 0.25) is 5.02 Å². The van der Waals surface area contributed by atoms with E-state index >= 15 is 0 Å². The van der Waals surface area contributed by atoms with Gasteiger partial charge in [0.1, 0.15) is 11.6 Å². The fraction of sp³-hybridized carbons (Fsp3) is 0.0769. The molecule has 1 heterocycles. The summed E-state index contributed by atoms with van der Waals surface area (Å²) in [5.74, 6) is -1.63. The third-order valence-corrected chi connectivity index (χ3v) is 8.94. The number of sulfone groups is 1. The molecule has 194 valence electrons. The second-order valence-corrected chi connectivity index (χ2v) is 12.2. The molecule has 1 N–H and O–H groups in total. The van der Waals surface area contributed by atoms with Crippen LogP contribution in [-0.4, -0.2) is 21.8 Å². The van der Waals surface area contributed by atoms with Crippen LogP contribution in [0.5, 0.6) is 0 Å². The fourth-order valence-corrected chi connectivity index (χ4v) is 6.13. The van der Waals surface area contributed by atoms with Crippen LogP contribution >= 0.6 is 11.6 Å². The van der Waals surface area contributed by atoms with Gasteiger partial charge in [-0.2, -0.15) is 5.26 Å². The number of nitriles is 1. The monoisotopic (exact) mass is 573 g/mol. The maximum Gasteiger partial charge on any atom is 0.240 e. The van der Waals surface area contributed by atoms with Crippen molar-refractivity contribution < 1.29 is 25.6 Å². The van der Waals surface area contributed by atoms with Crippen molar-refractivity contribution in [3.8, 4) is 17.2 Å². The molecule has 0 saturated heterocycles. The second kappa shape index (κ2) is 10.6. The number of halogens is 3. The number of nitrogens with one attached hydrogen (secondary N) is 1. The Bertz CT molecular complexity index is 1810. The lowest BCUT2D eigenvalue weighted by atomic mass is 9.99. The maximum atomic E-state index is 14.9. The summed E-state index contributed by atoms with van der Waals surface area (Å²) >= 11 is 5.86. The van der Waals surface area contributed by atoms with Crippen molar-refractivity contribution in [2.45, 2.75) is 28.3 Å². The number of benzene rings is 3. The number of hydrogen-bond acceptors (Lipinski definition) is 6. The van der Waals surface area contributed by atoms with Crippen molar-refractivity contribution in [3.05, 3.63) is 106 Å². The standard InChI is InChI=1S/C26H18ClF2N3O4S2/c1-16-24(15-31-38(35,36)21-4-2-3-17(11-21)14-30)22(23-12-19(28)7-10-25(23)29)13-26(32-16)37(33,34)20-8-5-18(27)6-9-20/h2-13,31H,15H2,1H3. The highest BCUT2D eigenvalue weighted by Crippen LogP contribution is 2.33. The molecule has 0 aliphatic heterocycles. The number of aromatic nitrogens is 1. The van der Waals surface area contributed by atoms with E-state index in [1.807, 2.05) is 6.07 Å². The second-order valence-electron chi connectivity index (χ2n) is 8.12. The Morgan fingerprint density at radius 3 is 2.32 bits per heavy atom. The zero-order valence-electron chi connectivity index (χ0n) is 19.6. The van der Waals surface area contributed by atoms with Crippen molar-refractivity contribution in [2.24, 2.45) is 0 Å². The molecule has 4 aromatic rings. The summed E-state index contributed by atoms with van der Waals surface area (Å²) in [6.07, 6.45) is 0. The molecule has 0 spiro atoms. The molecule has 0 unspecified atom stereocenters. The van der Waals surface area contributed by atoms with Crippen molar-refractivity contribution in [3.63, 3.8) is 0 Å². The van der Waals surface area contributed by atoms with Crippen molar-refractivity contribution >= 4 is 31.5 Å². The van der Waals surface area contributed by atoms with E-state index in [1.54, 1.807) is 0 Å². The summed E-state index contributed by atoms with van der Waals surface area (Å²) in [7, 11) is -8.34. The first-order valence-electron chi connectivity index (χ1n) is 10.9. The highest BCUT2D eigenvalue weighted by molar-refractivity contribution is 7.91. The average molecular weight is 574 g/mol. The molecule has 0 amide bonds. The zero-order chi connectivity index (χ0) is 27.7. The highest BCUT2D eigenvalue weighted by atomic mass is 35.5. The Balaban J connectivity index is 1.84. The van der Waals surface area contributed by atoms with Crippen LogP contribution in [0.1, 0.15) is 16.8 Å². The van der Waals surface area contributed by atoms with E-state index in [0.29, 0.717) is 5.02 Å². The fourth-order valence-electron chi connectivity index (χ4n) is 3.69. The van der Waals surface area contributed by atoms with Crippen LogP contribution in [0.3, 0.4) is 0 Å². The first-order chi connectivity index (χ1) is 17.9. The number of sulfonamides is 1. The molecular weight excluding hydrogens is 556 g/mol. The minimum atomic E-state index is -4.20. The SMILES string of the molecule is Cc1nc(S(=O)(=O)c2ccc(Cl)cc2)cc(-c2cc(F)ccc2F)c1CNS(=O)(=O)c1cccc(C#N)c1. The molecule has 0 saturated carbocycles. The van der Waals surface area contributed by atoms with Crippen LogP contribution < -0.4 is 4.72 Å². The Morgan fingerprint density at radius 2 is 1.63 bits per heavy atom. The van der Waals surface area contributed by atoms with Gasteiger partial charge in [0.25, 0.3) is 0 Å². The van der Waals surface area contributed by atoms with E-state index in [4.69, 9.17) is 16.9 Å². The van der Waals surface area contributed by atoms with Crippen molar-refractivity contribution in [1.29, 1.82) is 5.26 Å². The van der Waals surface area contributed by atoms with Gasteiger partial charge in [0.2, 0.25) is 19.9 Å². The molecule has 0 aliphatic rings. The Hall–Kier alpha value is -3.69. The quantitative estimate of drug-likeness (QED) is 0.326. The number of hydrogen-bond donors (Lipinski definition) is 1. The molecule has 12 heteroatoms. The van der Waals surface area contributed by atoms with Crippen LogP contribution in [0.15, 0.2) is 87.6 Å². The normalized spacial score (nSPS) is 11.8. The lowest BCUT2D eigenvalue weighted by molar-refractivity contribution is 0.579. The third kappa shape index (κ3) is 5.58. The lowest BCUT2D eigenvalue weighted by Gasteiger charge is -2.17. The van der Waals surface area contributed by atoms with Gasteiger partial charge >= 0.3 is 0 Å². The summed E-state index contributed by atoms with van der Waals surface area (Å²) in [6, 6.07) is 16.3. The van der Waals surface area contributed by atoms with Crippen LogP contribution in [0, 0.1) is 29.9 Å². The van der Waals surface area contributed by atoms with Gasteiger partial charge in [-0.3, -0.25) is 0 Å². The molecule has 0 aliphatic carbocycles. The molecule has 1 aromatic heterocycles. The van der Waals surface area contributed by atoms with E-state index in [-0.39, 0.29) is 37.7 Å². The summed E-state index contributed by atoms with van der Waals surface area (Å²) < 4.78 is 83.8. The molecule has 0 radical (unpaired) electrons. The maximum absolute atomic E-state index is 14.9. The van der Waals surface area contributed by atoms with Gasteiger partial charge in [-0.15, -0.1) is 0 Å². The third-order valence-electron chi connectivity index (χ3n) is 5.64. The van der Waals surface area contributed by atoms with Gasteiger partial charge in [0.15, 0.2) is 5.03 Å². The zero-order valence-corrected chi connectivity index (χ0v) is 22.0. The van der Waals surface area contributed by atoms with E-state index in [2.05, 4.69) is 9.71 Å². The molecular formula is C26H18ClF2N3O4S2. The Labute approximate surface area is 223 Å². The predicted octanol–water partition coefficient (Wildman–Crippen LogP) is 5.17. The van der Waals surface area contributed by atoms with Crippen LogP contribution in [-0.2, 0) is 26.4 Å². The van der Waals surface area contributed by atoms with Crippen LogP contribution in [0.25, 0.3) is 11.1 Å². The van der Waals surface area contributed by atoms with Gasteiger partial charge in [-0.05, 0) is 84.8 Å². The van der Waals surface area contributed by atoms with Gasteiger partial charge in [-0.1, -0.05) is 17.7 Å². The summed E-state index contributed by atoms with van der Waals surface area (Å²) in [4.78, 5) is 3.87. The molecule has 38 heavy (non-hydrogen) atoms. The van der Waals surface area contributed by atoms with Gasteiger partial charge in [-0.25, -0.2) is 35.3 Å². The summed E-state index contributed by atoms with van der Waals surface area (Å²) in [5.41, 5.74) is 0.000919. The van der Waals surface area contributed by atoms with E-state index in [0.717, 1.165) is 24.3 Å². The van der Waals surface area contributed by atoms with Crippen molar-refractivity contribution in [1.82, 2.24) is 9.71 Å². The Kier molecular flexibility index (Phi) is 7.62. The highest BCUT2D eigenvalue weighted by Gasteiger charge is 2.25. The van der Waals surface area contributed by atoms with Crippen molar-refractivity contribution in [2.75, 3.05) is 0 Å². The smallest absolute Gasteiger partial charge is 0.240 e. The van der Waals surface area contributed by atoms with Crippen LogP contribution in [0.4, 0.5) is 8.78 Å². The first kappa shape index (κ1) is 27.3. The molecule has 0 fully saturated rings. The molecule has 3 aromatic carbocycles. The topological polar surface area (TPSA) is 117 Å². The van der Waals surface area contributed by atoms with E-state index < -0.39 is 43.1 Å². The number of rotatable bonds is 7. The minimum Gasteiger partial charge on any atom is -0.241 e. The summed E-state index contributed by atoms with van der Waals surface area (Å²) in [5, 5.41) is 8.95. The molecule has 0 bridgehead atoms.